The molecule has 0 aliphatic carbocycles. The highest BCUT2D eigenvalue weighted by atomic mass is 35.5. The molecular weight excluding hydrogens is 348 g/mol. The summed E-state index contributed by atoms with van der Waals surface area (Å²) >= 11 is 6.13. The molecule has 0 N–H and O–H groups in total. The minimum Gasteiger partial charge on any atom is -0.0843 e. The molecule has 0 aliphatic rings. The fourth-order valence-electron chi connectivity index (χ4n) is 3.79. The summed E-state index contributed by atoms with van der Waals surface area (Å²) in [6, 6.07) is 30.0. The Balaban J connectivity index is 2.11. The lowest BCUT2D eigenvalue weighted by Gasteiger charge is -2.24. The molecule has 0 saturated heterocycles. The standard InChI is InChI=1S/C26H23Cl/c1-26(2,3)24-17-16-22(19-12-14-20(27)15-13-19)25-21(10-7-11-23(24)25)18-8-5-4-6-9-18/h4-17H,1-3H3. The number of hydrogen-bond acceptors (Lipinski definition) is 0. The first kappa shape index (κ1) is 17.8. The van der Waals surface area contributed by atoms with Crippen molar-refractivity contribution in [3.8, 4) is 22.3 Å². The van der Waals surface area contributed by atoms with Gasteiger partial charge in [0.2, 0.25) is 0 Å². The summed E-state index contributed by atoms with van der Waals surface area (Å²) < 4.78 is 0. The van der Waals surface area contributed by atoms with Crippen molar-refractivity contribution in [3.05, 3.63) is 95.5 Å². The summed E-state index contributed by atoms with van der Waals surface area (Å²) in [6.07, 6.45) is 0. The first-order chi connectivity index (χ1) is 12.9. The third-order valence-electron chi connectivity index (χ3n) is 5.09. The van der Waals surface area contributed by atoms with Crippen molar-refractivity contribution in [3.63, 3.8) is 0 Å². The summed E-state index contributed by atoms with van der Waals surface area (Å²) in [5.41, 5.74) is 6.38. The van der Waals surface area contributed by atoms with Gasteiger partial charge in [0.25, 0.3) is 0 Å². The van der Waals surface area contributed by atoms with Crippen LogP contribution in [-0.4, -0.2) is 0 Å². The average molecular weight is 371 g/mol. The van der Waals surface area contributed by atoms with Crippen LogP contribution in [0.1, 0.15) is 26.3 Å². The van der Waals surface area contributed by atoms with Crippen LogP contribution in [0.4, 0.5) is 0 Å². The minimum absolute atomic E-state index is 0.0755. The number of rotatable bonds is 2. The highest BCUT2D eigenvalue weighted by molar-refractivity contribution is 6.30. The molecule has 27 heavy (non-hydrogen) atoms. The molecule has 0 nitrogen and oxygen atoms in total. The van der Waals surface area contributed by atoms with Crippen molar-refractivity contribution in [2.24, 2.45) is 0 Å². The Labute approximate surface area is 166 Å². The molecule has 0 aliphatic heterocycles. The quantitative estimate of drug-likeness (QED) is 0.334. The van der Waals surface area contributed by atoms with E-state index in [9.17, 15) is 0 Å². The van der Waals surface area contributed by atoms with Crippen molar-refractivity contribution in [2.45, 2.75) is 26.2 Å². The van der Waals surface area contributed by atoms with E-state index in [0.29, 0.717) is 0 Å². The Morgan fingerprint density at radius 3 is 1.89 bits per heavy atom. The second-order valence-electron chi connectivity index (χ2n) is 8.01. The van der Waals surface area contributed by atoms with Crippen LogP contribution in [-0.2, 0) is 5.41 Å². The van der Waals surface area contributed by atoms with Gasteiger partial charge < -0.3 is 0 Å². The highest BCUT2D eigenvalue weighted by Gasteiger charge is 2.20. The predicted molar refractivity (Wildman–Crippen MR) is 119 cm³/mol. The molecule has 4 aromatic carbocycles. The molecule has 0 fully saturated rings. The zero-order chi connectivity index (χ0) is 19.0. The van der Waals surface area contributed by atoms with E-state index in [1.165, 1.54) is 38.6 Å². The Hall–Kier alpha value is -2.57. The van der Waals surface area contributed by atoms with Gasteiger partial charge in [-0.1, -0.05) is 105 Å². The van der Waals surface area contributed by atoms with E-state index < -0.39 is 0 Å². The maximum absolute atomic E-state index is 6.13. The normalized spacial score (nSPS) is 11.7. The van der Waals surface area contributed by atoms with Gasteiger partial charge in [0.05, 0.1) is 0 Å². The minimum atomic E-state index is 0.0755. The van der Waals surface area contributed by atoms with Gasteiger partial charge in [-0.2, -0.15) is 0 Å². The van der Waals surface area contributed by atoms with Gasteiger partial charge in [-0.25, -0.2) is 0 Å². The topological polar surface area (TPSA) is 0 Å². The molecule has 0 amide bonds. The van der Waals surface area contributed by atoms with Crippen LogP contribution in [0.2, 0.25) is 5.02 Å². The van der Waals surface area contributed by atoms with E-state index in [4.69, 9.17) is 11.6 Å². The number of benzene rings is 4. The maximum atomic E-state index is 6.13. The lowest BCUT2D eigenvalue weighted by Crippen LogP contribution is -2.12. The molecule has 0 aromatic heterocycles. The summed E-state index contributed by atoms with van der Waals surface area (Å²) in [6.45, 7) is 6.83. The molecule has 0 saturated carbocycles. The Morgan fingerprint density at radius 1 is 0.593 bits per heavy atom. The summed E-state index contributed by atoms with van der Waals surface area (Å²) in [4.78, 5) is 0. The third kappa shape index (κ3) is 3.38. The summed E-state index contributed by atoms with van der Waals surface area (Å²) in [5, 5.41) is 3.38. The molecule has 0 bridgehead atoms. The molecule has 0 radical (unpaired) electrons. The van der Waals surface area contributed by atoms with Gasteiger partial charge in [0.15, 0.2) is 0 Å². The van der Waals surface area contributed by atoms with Gasteiger partial charge in [-0.05, 0) is 56.1 Å². The monoisotopic (exact) mass is 370 g/mol. The van der Waals surface area contributed by atoms with E-state index in [-0.39, 0.29) is 5.41 Å². The van der Waals surface area contributed by atoms with Crippen LogP contribution in [0.25, 0.3) is 33.0 Å². The molecule has 134 valence electrons. The SMILES string of the molecule is CC(C)(C)c1ccc(-c2ccc(Cl)cc2)c2c(-c3ccccc3)cccc12. The van der Waals surface area contributed by atoms with E-state index in [1.807, 2.05) is 12.1 Å². The van der Waals surface area contributed by atoms with Crippen molar-refractivity contribution in [2.75, 3.05) is 0 Å². The molecule has 1 heteroatoms. The fraction of sp³-hybridized carbons (Fsp3) is 0.154. The predicted octanol–water partition coefficient (Wildman–Crippen LogP) is 8.12. The Bertz CT molecular complexity index is 1080. The molecule has 0 atom stereocenters. The van der Waals surface area contributed by atoms with Gasteiger partial charge in [0.1, 0.15) is 0 Å². The van der Waals surface area contributed by atoms with E-state index in [1.54, 1.807) is 0 Å². The van der Waals surface area contributed by atoms with Crippen LogP contribution in [0.3, 0.4) is 0 Å². The van der Waals surface area contributed by atoms with Gasteiger partial charge in [-0.3, -0.25) is 0 Å². The van der Waals surface area contributed by atoms with Gasteiger partial charge >= 0.3 is 0 Å². The van der Waals surface area contributed by atoms with Crippen LogP contribution in [0, 0.1) is 0 Å². The van der Waals surface area contributed by atoms with Crippen molar-refractivity contribution in [1.29, 1.82) is 0 Å². The van der Waals surface area contributed by atoms with Gasteiger partial charge in [-0.15, -0.1) is 0 Å². The van der Waals surface area contributed by atoms with E-state index >= 15 is 0 Å². The zero-order valence-electron chi connectivity index (χ0n) is 16.0. The third-order valence-corrected chi connectivity index (χ3v) is 5.34. The van der Waals surface area contributed by atoms with E-state index in [0.717, 1.165) is 5.02 Å². The van der Waals surface area contributed by atoms with Crippen LogP contribution in [0.5, 0.6) is 0 Å². The van der Waals surface area contributed by atoms with E-state index in [2.05, 4.69) is 93.6 Å². The first-order valence-electron chi connectivity index (χ1n) is 9.33. The molecule has 0 spiro atoms. The molecule has 4 aromatic rings. The number of fused-ring (bicyclic) bond motifs is 1. The largest absolute Gasteiger partial charge is 0.0843 e. The maximum Gasteiger partial charge on any atom is 0.0406 e. The number of hydrogen-bond donors (Lipinski definition) is 0. The first-order valence-corrected chi connectivity index (χ1v) is 9.70. The smallest absolute Gasteiger partial charge is 0.0406 e. The lowest BCUT2D eigenvalue weighted by atomic mass is 9.80. The Morgan fingerprint density at radius 2 is 1.22 bits per heavy atom. The highest BCUT2D eigenvalue weighted by Crippen LogP contribution is 2.41. The van der Waals surface area contributed by atoms with Crippen LogP contribution >= 0.6 is 11.6 Å². The molecule has 0 heterocycles. The Kier molecular flexibility index (Phi) is 4.53. The van der Waals surface area contributed by atoms with Crippen molar-refractivity contribution >= 4 is 22.4 Å². The number of halogens is 1. The second-order valence-corrected chi connectivity index (χ2v) is 8.45. The van der Waals surface area contributed by atoms with Crippen LogP contribution in [0.15, 0.2) is 84.9 Å². The fourth-order valence-corrected chi connectivity index (χ4v) is 3.91. The molecular formula is C26H23Cl. The van der Waals surface area contributed by atoms with Crippen LogP contribution < -0.4 is 0 Å². The average Bonchev–Trinajstić information content (AvgIpc) is 2.67. The van der Waals surface area contributed by atoms with Gasteiger partial charge in [0, 0.05) is 5.02 Å². The second kappa shape index (κ2) is 6.87. The van der Waals surface area contributed by atoms with Crippen molar-refractivity contribution < 1.29 is 0 Å². The summed E-state index contributed by atoms with van der Waals surface area (Å²) in [7, 11) is 0. The zero-order valence-corrected chi connectivity index (χ0v) is 16.7. The van der Waals surface area contributed by atoms with Crippen molar-refractivity contribution in [1.82, 2.24) is 0 Å². The summed E-state index contributed by atoms with van der Waals surface area (Å²) in [5.74, 6) is 0. The molecule has 0 unspecified atom stereocenters. The lowest BCUT2D eigenvalue weighted by molar-refractivity contribution is 0.596. The molecule has 4 rings (SSSR count).